The van der Waals surface area contributed by atoms with Crippen molar-refractivity contribution in [3.63, 3.8) is 0 Å². The zero-order valence-corrected chi connectivity index (χ0v) is 18.6. The summed E-state index contributed by atoms with van der Waals surface area (Å²) in [5, 5.41) is 0. The highest BCUT2D eigenvalue weighted by Gasteiger charge is 2.36. The molecule has 0 bridgehead atoms. The Morgan fingerprint density at radius 1 is 0.897 bits per heavy atom. The topological polar surface area (TPSA) is 6.48 Å². The van der Waals surface area contributed by atoms with Crippen molar-refractivity contribution in [2.24, 2.45) is 0 Å². The van der Waals surface area contributed by atoms with Crippen LogP contribution in [0.15, 0.2) is 47.4 Å². The smallest absolute Gasteiger partial charge is 0.0351 e. The third-order valence-electron chi connectivity index (χ3n) is 7.35. The van der Waals surface area contributed by atoms with Crippen molar-refractivity contribution in [1.82, 2.24) is 9.80 Å². The number of nitrogens with zero attached hydrogens (tertiary/aromatic N) is 2. The van der Waals surface area contributed by atoms with Crippen molar-refractivity contribution >= 4 is 11.8 Å². The lowest BCUT2D eigenvalue weighted by Gasteiger charge is -2.38. The van der Waals surface area contributed by atoms with Gasteiger partial charge in [0.25, 0.3) is 0 Å². The van der Waals surface area contributed by atoms with Gasteiger partial charge >= 0.3 is 0 Å². The average molecular weight is 407 g/mol. The summed E-state index contributed by atoms with van der Waals surface area (Å²) in [5.74, 6) is 0.519. The van der Waals surface area contributed by atoms with E-state index >= 15 is 0 Å². The molecule has 2 atom stereocenters. The van der Waals surface area contributed by atoms with Crippen LogP contribution in [0, 0.1) is 0 Å². The van der Waals surface area contributed by atoms with E-state index in [1.165, 1.54) is 87.3 Å². The van der Waals surface area contributed by atoms with Crippen molar-refractivity contribution in [2.45, 2.75) is 55.4 Å². The number of fused-ring (bicyclic) bond motifs is 3. The maximum atomic E-state index is 2.74. The van der Waals surface area contributed by atoms with E-state index in [1.54, 1.807) is 11.1 Å². The van der Waals surface area contributed by atoms with E-state index in [9.17, 15) is 0 Å². The first kappa shape index (κ1) is 19.7. The molecule has 5 rings (SSSR count). The standard InChI is InChI=1S/C26H34N2S/c1-29-22-10-8-21(9-11-22)25-19-28-16-5-6-26(28)23-12-7-20(18-24(23)25)13-17-27-14-3-2-4-15-27/h7-12,18,25-26H,2-6,13-17,19H2,1H3/t25-,26+/m1/s1. The van der Waals surface area contributed by atoms with Crippen molar-refractivity contribution in [3.8, 4) is 0 Å². The van der Waals surface area contributed by atoms with E-state index in [1.807, 2.05) is 11.8 Å². The van der Waals surface area contributed by atoms with Crippen LogP contribution in [0.3, 0.4) is 0 Å². The minimum absolute atomic E-state index is 0.519. The zero-order valence-electron chi connectivity index (χ0n) is 17.8. The molecule has 3 aliphatic rings. The molecule has 0 aliphatic carbocycles. The molecule has 29 heavy (non-hydrogen) atoms. The number of benzene rings is 2. The van der Waals surface area contributed by atoms with Gasteiger partial charge in [-0.05, 0) is 92.4 Å². The van der Waals surface area contributed by atoms with Gasteiger partial charge in [-0.3, -0.25) is 4.90 Å². The number of piperidine rings is 1. The van der Waals surface area contributed by atoms with Gasteiger partial charge in [0.05, 0.1) is 0 Å². The van der Waals surface area contributed by atoms with Crippen molar-refractivity contribution in [1.29, 1.82) is 0 Å². The number of hydrogen-bond acceptors (Lipinski definition) is 3. The minimum Gasteiger partial charge on any atom is -0.303 e. The van der Waals surface area contributed by atoms with Crippen molar-refractivity contribution < 1.29 is 0 Å². The molecule has 2 nitrogen and oxygen atoms in total. The van der Waals surface area contributed by atoms with Gasteiger partial charge in [0.2, 0.25) is 0 Å². The summed E-state index contributed by atoms with van der Waals surface area (Å²) in [6.45, 7) is 6.27. The highest BCUT2D eigenvalue weighted by atomic mass is 32.2. The molecule has 0 spiro atoms. The van der Waals surface area contributed by atoms with Gasteiger partial charge < -0.3 is 4.90 Å². The fraction of sp³-hybridized carbons (Fsp3) is 0.538. The van der Waals surface area contributed by atoms with E-state index in [0.29, 0.717) is 12.0 Å². The Hall–Kier alpha value is -1.29. The number of likely N-dealkylation sites (tertiary alicyclic amines) is 1. The summed E-state index contributed by atoms with van der Waals surface area (Å²) in [7, 11) is 0. The second kappa shape index (κ2) is 8.83. The summed E-state index contributed by atoms with van der Waals surface area (Å²) in [4.78, 5) is 6.77. The minimum atomic E-state index is 0.519. The van der Waals surface area contributed by atoms with Crippen LogP contribution in [-0.2, 0) is 6.42 Å². The Morgan fingerprint density at radius 3 is 2.52 bits per heavy atom. The molecule has 3 heteroatoms. The van der Waals surface area contributed by atoms with Gasteiger partial charge in [0.15, 0.2) is 0 Å². The van der Waals surface area contributed by atoms with E-state index in [0.717, 1.165) is 0 Å². The molecule has 0 radical (unpaired) electrons. The molecule has 2 aromatic carbocycles. The SMILES string of the molecule is CSc1ccc([C@H]2CN3CCC[C@H]3c3ccc(CCN4CCCCC4)cc32)cc1. The third kappa shape index (κ3) is 4.15. The Morgan fingerprint density at radius 2 is 1.72 bits per heavy atom. The van der Waals surface area contributed by atoms with E-state index in [-0.39, 0.29) is 0 Å². The molecule has 0 unspecified atom stereocenters. The first-order valence-corrected chi connectivity index (χ1v) is 12.8. The highest BCUT2D eigenvalue weighted by molar-refractivity contribution is 7.98. The Labute approximate surface area is 180 Å². The van der Waals surface area contributed by atoms with E-state index < -0.39 is 0 Å². The molecule has 2 fully saturated rings. The predicted octanol–water partition coefficient (Wildman–Crippen LogP) is 5.72. The van der Waals surface area contributed by atoms with Gasteiger partial charge in [-0.15, -0.1) is 11.8 Å². The van der Waals surface area contributed by atoms with Gasteiger partial charge in [-0.2, -0.15) is 0 Å². The van der Waals surface area contributed by atoms with Crippen molar-refractivity contribution in [3.05, 3.63) is 64.7 Å². The molecule has 0 amide bonds. The van der Waals surface area contributed by atoms with Crippen LogP contribution in [0.2, 0.25) is 0 Å². The quantitative estimate of drug-likeness (QED) is 0.586. The van der Waals surface area contributed by atoms with Crippen LogP contribution < -0.4 is 0 Å². The predicted molar refractivity (Wildman–Crippen MR) is 124 cm³/mol. The highest BCUT2D eigenvalue weighted by Crippen LogP contribution is 2.44. The van der Waals surface area contributed by atoms with Gasteiger partial charge in [-0.1, -0.05) is 36.8 Å². The largest absolute Gasteiger partial charge is 0.303 e. The first-order chi connectivity index (χ1) is 14.3. The summed E-state index contributed by atoms with van der Waals surface area (Å²) < 4.78 is 0. The van der Waals surface area contributed by atoms with Gasteiger partial charge in [0, 0.05) is 29.9 Å². The maximum Gasteiger partial charge on any atom is 0.0351 e. The van der Waals surface area contributed by atoms with Gasteiger partial charge in [-0.25, -0.2) is 0 Å². The fourth-order valence-electron chi connectivity index (χ4n) is 5.71. The maximum absolute atomic E-state index is 2.74. The number of hydrogen-bond donors (Lipinski definition) is 0. The van der Waals surface area contributed by atoms with Crippen LogP contribution in [0.1, 0.15) is 66.3 Å². The summed E-state index contributed by atoms with van der Waals surface area (Å²) in [6, 6.07) is 17.5. The fourth-order valence-corrected chi connectivity index (χ4v) is 6.11. The summed E-state index contributed by atoms with van der Waals surface area (Å²) in [6.07, 6.45) is 10.2. The molecule has 0 aromatic heterocycles. The number of thioether (sulfide) groups is 1. The Kier molecular flexibility index (Phi) is 5.99. The normalized spacial score (nSPS) is 25.0. The van der Waals surface area contributed by atoms with Crippen LogP contribution >= 0.6 is 11.8 Å². The lowest BCUT2D eigenvalue weighted by molar-refractivity contribution is 0.228. The lowest BCUT2D eigenvalue weighted by Crippen LogP contribution is -2.34. The monoisotopic (exact) mass is 406 g/mol. The Bertz CT molecular complexity index is 825. The molecule has 2 saturated heterocycles. The van der Waals surface area contributed by atoms with Crippen LogP contribution in [0.4, 0.5) is 0 Å². The molecule has 3 aliphatic heterocycles. The second-order valence-electron chi connectivity index (χ2n) is 9.09. The zero-order chi connectivity index (χ0) is 19.6. The molecular weight excluding hydrogens is 372 g/mol. The third-order valence-corrected chi connectivity index (χ3v) is 8.09. The molecule has 3 heterocycles. The van der Waals surface area contributed by atoms with Crippen molar-refractivity contribution in [2.75, 3.05) is 39.0 Å². The van der Waals surface area contributed by atoms with Crippen LogP contribution in [0.5, 0.6) is 0 Å². The number of rotatable bonds is 5. The first-order valence-electron chi connectivity index (χ1n) is 11.5. The summed E-state index contributed by atoms with van der Waals surface area (Å²) in [5.41, 5.74) is 6.24. The molecule has 0 N–H and O–H groups in total. The molecular formula is C26H34N2S. The average Bonchev–Trinajstić information content (AvgIpc) is 3.27. The molecule has 2 aromatic rings. The van der Waals surface area contributed by atoms with Crippen LogP contribution in [0.25, 0.3) is 0 Å². The lowest BCUT2D eigenvalue weighted by atomic mass is 9.80. The van der Waals surface area contributed by atoms with Crippen LogP contribution in [-0.4, -0.2) is 48.8 Å². The van der Waals surface area contributed by atoms with E-state index in [4.69, 9.17) is 0 Å². The Balaban J connectivity index is 1.42. The molecule has 0 saturated carbocycles. The summed E-state index contributed by atoms with van der Waals surface area (Å²) >= 11 is 1.83. The second-order valence-corrected chi connectivity index (χ2v) is 9.97. The van der Waals surface area contributed by atoms with Gasteiger partial charge in [0.1, 0.15) is 0 Å². The van der Waals surface area contributed by atoms with E-state index in [2.05, 4.69) is 58.5 Å². The molecule has 154 valence electrons.